The Hall–Kier alpha value is -1.46. The molecule has 14 heteroatoms. The molecule has 2 bridgehead atoms. The van der Waals surface area contributed by atoms with Gasteiger partial charge in [0.2, 0.25) is 0 Å². The minimum Gasteiger partial charge on any atom is -0.459 e. The van der Waals surface area contributed by atoms with Crippen molar-refractivity contribution in [1.82, 2.24) is 4.90 Å². The maximum atomic E-state index is 14.4. The van der Waals surface area contributed by atoms with Gasteiger partial charge < -0.3 is 53.6 Å². The van der Waals surface area contributed by atoms with Crippen LogP contribution in [0.1, 0.15) is 100 Å². The number of methoxy groups -OCH3 is 1. The molecule has 13 nitrogen and oxygen atoms in total. The number of aliphatic hydroxyl groups is 4. The molecule has 4 N–H and O–H groups in total. The number of halogens is 1. The fraction of sp³-hybridized carbons (Fsp3) is 0.837. The van der Waals surface area contributed by atoms with Gasteiger partial charge in [-0.3, -0.25) is 9.69 Å². The number of aliphatic hydroxyl groups excluding tert-OH is 3. The molecule has 4 aliphatic rings. The van der Waals surface area contributed by atoms with Crippen LogP contribution in [0, 0.1) is 23.7 Å². The quantitative estimate of drug-likeness (QED) is 0.224. The van der Waals surface area contributed by atoms with Crippen molar-refractivity contribution in [1.29, 1.82) is 0 Å². The van der Waals surface area contributed by atoms with Gasteiger partial charge in [-0.2, -0.15) is 0 Å². The Bertz CT molecular complexity index is 1490. The Balaban J connectivity index is 1.55. The molecule has 0 radical (unpaired) electrons. The molecule has 0 aromatic heterocycles. The first-order valence-corrected chi connectivity index (χ1v) is 21.2. The van der Waals surface area contributed by atoms with Crippen LogP contribution in [-0.4, -0.2) is 136 Å². The SMILES string of the molecule is CC[C@@H](O)[C@@](C)(O)[C@@H]1OC(=O)[C@H](C)[C@@H](O[C@H]2CC(C)(OC)[C@@H](O)C(C)O2)[C@H](C)[C@H](O[C@@H]2OC(C)CC(N(C)Cc3ccc(Cl)cc3)C2O)C2(C)CC(C)C(O2)[C@@H]1C. The lowest BCUT2D eigenvalue weighted by molar-refractivity contribution is -0.318. The number of benzene rings is 1. The summed E-state index contributed by atoms with van der Waals surface area (Å²) in [7, 11) is 3.50. The normalized spacial score (nSPS) is 44.9. The van der Waals surface area contributed by atoms with Gasteiger partial charge in [0, 0.05) is 43.0 Å². The summed E-state index contributed by atoms with van der Waals surface area (Å²) in [5, 5.41) is 46.7. The molecule has 19 atom stereocenters. The zero-order chi connectivity index (χ0) is 42.4. The lowest BCUT2D eigenvalue weighted by Gasteiger charge is -2.48. The van der Waals surface area contributed by atoms with Crippen molar-refractivity contribution in [3.05, 3.63) is 34.9 Å². The highest BCUT2D eigenvalue weighted by Crippen LogP contribution is 2.48. The van der Waals surface area contributed by atoms with Crippen molar-refractivity contribution in [2.24, 2.45) is 23.7 Å². The number of nitrogens with zero attached hydrogens (tertiary/aromatic N) is 1. The lowest BCUT2D eigenvalue weighted by Crippen LogP contribution is -2.60. The molecule has 0 aliphatic carbocycles. The van der Waals surface area contributed by atoms with Crippen LogP contribution >= 0.6 is 11.6 Å². The third-order valence-corrected chi connectivity index (χ3v) is 13.9. The highest BCUT2D eigenvalue weighted by atomic mass is 35.5. The van der Waals surface area contributed by atoms with Crippen LogP contribution in [0.15, 0.2) is 24.3 Å². The van der Waals surface area contributed by atoms with E-state index in [-0.39, 0.29) is 30.9 Å². The van der Waals surface area contributed by atoms with Crippen molar-refractivity contribution in [2.75, 3.05) is 14.2 Å². The number of carbonyl (C=O) groups excluding carboxylic acids is 1. The second-order valence-corrected chi connectivity index (χ2v) is 18.8. The molecular formula is C43H70ClNO12. The summed E-state index contributed by atoms with van der Waals surface area (Å²) in [6.07, 6.45) is -7.91. The third kappa shape index (κ3) is 9.71. The van der Waals surface area contributed by atoms with E-state index in [1.807, 2.05) is 59.0 Å². The fourth-order valence-corrected chi connectivity index (χ4v) is 10.2. The highest BCUT2D eigenvalue weighted by molar-refractivity contribution is 6.30. The van der Waals surface area contributed by atoms with Gasteiger partial charge in [-0.25, -0.2) is 0 Å². The molecule has 0 spiro atoms. The van der Waals surface area contributed by atoms with Gasteiger partial charge in [0.05, 0.1) is 53.7 Å². The smallest absolute Gasteiger partial charge is 0.311 e. The molecule has 4 fully saturated rings. The highest BCUT2D eigenvalue weighted by Gasteiger charge is 2.59. The maximum Gasteiger partial charge on any atom is 0.311 e. The van der Waals surface area contributed by atoms with Gasteiger partial charge in [0.1, 0.15) is 23.9 Å². The van der Waals surface area contributed by atoms with Crippen LogP contribution in [0.25, 0.3) is 0 Å². The van der Waals surface area contributed by atoms with Crippen molar-refractivity contribution in [2.45, 2.75) is 192 Å². The average Bonchev–Trinajstić information content (AvgIpc) is 3.48. The molecule has 326 valence electrons. The molecule has 0 amide bonds. The Morgan fingerprint density at radius 2 is 1.67 bits per heavy atom. The zero-order valence-electron chi connectivity index (χ0n) is 36.0. The topological polar surface area (TPSA) is 166 Å². The Kier molecular flexibility index (Phi) is 14.9. The molecule has 1 aromatic carbocycles. The molecule has 57 heavy (non-hydrogen) atoms. The predicted octanol–water partition coefficient (Wildman–Crippen LogP) is 4.85. The molecule has 5 rings (SSSR count). The summed E-state index contributed by atoms with van der Waals surface area (Å²) in [6, 6.07) is 7.31. The van der Waals surface area contributed by atoms with Gasteiger partial charge in [-0.05, 0) is 91.5 Å². The summed E-state index contributed by atoms with van der Waals surface area (Å²) >= 11 is 6.15. The number of rotatable bonds is 11. The monoisotopic (exact) mass is 827 g/mol. The van der Waals surface area contributed by atoms with E-state index in [1.165, 1.54) is 14.0 Å². The number of cyclic esters (lactones) is 1. The average molecular weight is 828 g/mol. The van der Waals surface area contributed by atoms with Gasteiger partial charge in [0.25, 0.3) is 0 Å². The second-order valence-electron chi connectivity index (χ2n) is 18.3. The molecule has 8 unspecified atom stereocenters. The predicted molar refractivity (Wildman–Crippen MR) is 213 cm³/mol. The minimum absolute atomic E-state index is 0.0869. The van der Waals surface area contributed by atoms with Crippen LogP contribution in [0.5, 0.6) is 0 Å². The van der Waals surface area contributed by atoms with E-state index >= 15 is 0 Å². The van der Waals surface area contributed by atoms with Gasteiger partial charge >= 0.3 is 5.97 Å². The number of hydrogen-bond donors (Lipinski definition) is 4. The molecular weight excluding hydrogens is 758 g/mol. The first-order chi connectivity index (χ1) is 26.6. The first kappa shape index (κ1) is 46.6. The number of ether oxygens (including phenoxy) is 7. The second kappa shape index (κ2) is 18.3. The maximum absolute atomic E-state index is 14.4. The number of hydrogen-bond acceptors (Lipinski definition) is 13. The van der Waals surface area contributed by atoms with Crippen LogP contribution < -0.4 is 0 Å². The van der Waals surface area contributed by atoms with E-state index in [9.17, 15) is 25.2 Å². The Labute approximate surface area is 344 Å². The minimum atomic E-state index is -1.81. The van der Waals surface area contributed by atoms with E-state index in [2.05, 4.69) is 11.8 Å². The molecule has 4 saturated heterocycles. The molecule has 4 aliphatic heterocycles. The Morgan fingerprint density at radius 1 is 1.02 bits per heavy atom. The van der Waals surface area contributed by atoms with Crippen LogP contribution in [0.3, 0.4) is 0 Å². The standard InChI is InChI=1S/C43H70ClNO12/c1-13-31(46)43(10,50)38-24(4)34-22(2)19-42(9,57-34)37(56-40-33(47)30(18-23(3)52-40)45(11)21-28-14-16-29(44)17-15-28)25(5)35(26(6)39(49)55-38)54-32-20-41(8,51-12)36(48)27(7)53-32/h14-17,22-27,30-38,40,46-48,50H,13,18-21H2,1-12H3/t22?,23?,24-,25-,26+,27?,30?,31+,32-,33?,34?,35-,36-,37-,38+,40-,41?,42?,43+/m0/s1. The van der Waals surface area contributed by atoms with Gasteiger partial charge in [-0.1, -0.05) is 51.4 Å². The third-order valence-electron chi connectivity index (χ3n) is 13.6. The van der Waals surface area contributed by atoms with E-state index in [0.29, 0.717) is 24.4 Å². The zero-order valence-corrected chi connectivity index (χ0v) is 36.7. The summed E-state index contributed by atoms with van der Waals surface area (Å²) in [5.74, 6) is -2.81. The van der Waals surface area contributed by atoms with Crippen molar-refractivity contribution >= 4 is 17.6 Å². The van der Waals surface area contributed by atoms with E-state index in [1.54, 1.807) is 27.7 Å². The largest absolute Gasteiger partial charge is 0.459 e. The summed E-state index contributed by atoms with van der Waals surface area (Å²) in [6.45, 7) is 18.9. The van der Waals surface area contributed by atoms with E-state index in [4.69, 9.17) is 44.8 Å². The Morgan fingerprint density at radius 3 is 2.28 bits per heavy atom. The molecule has 1 aromatic rings. The summed E-state index contributed by atoms with van der Waals surface area (Å²) in [5.41, 5.74) is -2.76. The van der Waals surface area contributed by atoms with Crippen LogP contribution in [0.2, 0.25) is 5.02 Å². The van der Waals surface area contributed by atoms with Gasteiger partial charge in [0.15, 0.2) is 12.6 Å². The van der Waals surface area contributed by atoms with Gasteiger partial charge in [-0.15, -0.1) is 0 Å². The van der Waals surface area contributed by atoms with Crippen molar-refractivity contribution < 1.29 is 58.4 Å². The van der Waals surface area contributed by atoms with Crippen LogP contribution in [0.4, 0.5) is 0 Å². The van der Waals surface area contributed by atoms with Crippen molar-refractivity contribution in [3.8, 4) is 0 Å². The number of fused-ring (bicyclic) bond motifs is 2. The summed E-state index contributed by atoms with van der Waals surface area (Å²) < 4.78 is 45.6. The molecule has 4 heterocycles. The van der Waals surface area contributed by atoms with E-state index in [0.717, 1.165) is 5.56 Å². The lowest BCUT2D eigenvalue weighted by atomic mass is 9.76. The number of likely N-dealkylation sites (N-methyl/N-ethyl adjacent to an activating group) is 1. The summed E-state index contributed by atoms with van der Waals surface area (Å²) in [4.78, 5) is 16.5. The van der Waals surface area contributed by atoms with E-state index < -0.39 is 102 Å². The van der Waals surface area contributed by atoms with Crippen LogP contribution in [-0.2, 0) is 44.5 Å². The fourth-order valence-electron chi connectivity index (χ4n) is 10.1. The number of carbonyl (C=O) groups is 1. The first-order valence-electron chi connectivity index (χ1n) is 20.8. The van der Waals surface area contributed by atoms with Crippen molar-refractivity contribution in [3.63, 3.8) is 0 Å². The number of esters is 1. The molecule has 0 saturated carbocycles.